The molecule has 1 rings (SSSR count). The van der Waals surface area contributed by atoms with Gasteiger partial charge in [-0.1, -0.05) is 0 Å². The Bertz CT molecular complexity index is 215. The zero-order chi connectivity index (χ0) is 7.56. The maximum absolute atomic E-state index is 9.01. The molecule has 0 saturated carbocycles. The molecule has 0 aliphatic heterocycles. The molecule has 0 saturated heterocycles. The fourth-order valence-corrected chi connectivity index (χ4v) is 0.725. The molecule has 1 heterocycles. The van der Waals surface area contributed by atoms with Crippen molar-refractivity contribution in [2.24, 2.45) is 0 Å². The van der Waals surface area contributed by atoms with Crippen LogP contribution in [0.25, 0.3) is 0 Å². The first kappa shape index (κ1) is 6.86. The van der Waals surface area contributed by atoms with Crippen molar-refractivity contribution in [1.82, 2.24) is 4.98 Å². The van der Waals surface area contributed by atoms with Crippen LogP contribution in [0.4, 0.5) is 0 Å². The minimum Gasteiger partial charge on any atom is -0.508 e. The summed E-state index contributed by atoms with van der Waals surface area (Å²) in [7, 11) is 1.52. The van der Waals surface area contributed by atoms with Crippen molar-refractivity contribution in [3.63, 3.8) is 0 Å². The Labute approximate surface area is 59.3 Å². The Hall–Kier alpha value is -1.25. The van der Waals surface area contributed by atoms with E-state index in [9.17, 15) is 0 Å². The van der Waals surface area contributed by atoms with Gasteiger partial charge in [0.2, 0.25) is 5.88 Å². The number of rotatable bonds is 1. The van der Waals surface area contributed by atoms with Gasteiger partial charge in [-0.05, 0) is 6.92 Å². The molecule has 1 aromatic heterocycles. The lowest BCUT2D eigenvalue weighted by atomic mass is 10.3. The standard InChI is InChI=1S/C7H9NO2/c1-5-3-6(9)4-7(8-5)10-2/h3-4H,1-2H3,(H,8,9). The van der Waals surface area contributed by atoms with Crippen molar-refractivity contribution in [3.05, 3.63) is 17.8 Å². The highest BCUT2D eigenvalue weighted by Crippen LogP contribution is 2.16. The minimum atomic E-state index is 0.185. The van der Waals surface area contributed by atoms with Gasteiger partial charge in [-0.15, -0.1) is 0 Å². The van der Waals surface area contributed by atoms with Crippen LogP contribution in [-0.2, 0) is 0 Å². The molecule has 10 heavy (non-hydrogen) atoms. The Morgan fingerprint density at radius 3 is 2.70 bits per heavy atom. The second-order valence-corrected chi connectivity index (χ2v) is 2.01. The third-order valence-corrected chi connectivity index (χ3v) is 1.12. The topological polar surface area (TPSA) is 42.4 Å². The summed E-state index contributed by atoms with van der Waals surface area (Å²) in [6.07, 6.45) is 0. The highest BCUT2D eigenvalue weighted by atomic mass is 16.5. The predicted octanol–water partition coefficient (Wildman–Crippen LogP) is 1.10. The number of methoxy groups -OCH3 is 1. The molecular formula is C7H9NO2. The largest absolute Gasteiger partial charge is 0.508 e. The van der Waals surface area contributed by atoms with Gasteiger partial charge in [-0.2, -0.15) is 0 Å². The van der Waals surface area contributed by atoms with E-state index in [2.05, 4.69) is 4.98 Å². The van der Waals surface area contributed by atoms with Gasteiger partial charge in [0.25, 0.3) is 0 Å². The molecule has 54 valence electrons. The fourth-order valence-electron chi connectivity index (χ4n) is 0.725. The predicted molar refractivity (Wildman–Crippen MR) is 37.2 cm³/mol. The van der Waals surface area contributed by atoms with Gasteiger partial charge in [0.1, 0.15) is 5.75 Å². The van der Waals surface area contributed by atoms with Crippen molar-refractivity contribution in [1.29, 1.82) is 0 Å². The molecule has 0 atom stereocenters. The molecule has 3 heteroatoms. The normalized spacial score (nSPS) is 9.40. The van der Waals surface area contributed by atoms with Crippen LogP contribution in [0, 0.1) is 6.92 Å². The van der Waals surface area contributed by atoms with Gasteiger partial charge < -0.3 is 9.84 Å². The van der Waals surface area contributed by atoms with Gasteiger partial charge in [0, 0.05) is 17.8 Å². The summed E-state index contributed by atoms with van der Waals surface area (Å²) in [6.45, 7) is 1.79. The number of aryl methyl sites for hydroxylation is 1. The molecule has 0 aromatic carbocycles. The molecule has 0 radical (unpaired) electrons. The second kappa shape index (κ2) is 2.56. The van der Waals surface area contributed by atoms with Gasteiger partial charge >= 0.3 is 0 Å². The van der Waals surface area contributed by atoms with Crippen LogP contribution >= 0.6 is 0 Å². The molecule has 0 fully saturated rings. The van der Waals surface area contributed by atoms with Gasteiger partial charge in [-0.3, -0.25) is 0 Å². The van der Waals surface area contributed by atoms with E-state index in [0.717, 1.165) is 5.69 Å². The first-order valence-corrected chi connectivity index (χ1v) is 2.94. The van der Waals surface area contributed by atoms with Crippen molar-refractivity contribution >= 4 is 0 Å². The fraction of sp³-hybridized carbons (Fsp3) is 0.286. The second-order valence-electron chi connectivity index (χ2n) is 2.01. The number of nitrogens with zero attached hydrogens (tertiary/aromatic N) is 1. The first-order chi connectivity index (χ1) is 4.72. The van der Waals surface area contributed by atoms with Crippen molar-refractivity contribution in [3.8, 4) is 11.6 Å². The first-order valence-electron chi connectivity index (χ1n) is 2.94. The molecule has 0 aliphatic carbocycles. The maximum atomic E-state index is 9.01. The van der Waals surface area contributed by atoms with Crippen molar-refractivity contribution < 1.29 is 9.84 Å². The number of hydrogen-bond acceptors (Lipinski definition) is 3. The summed E-state index contributed by atoms with van der Waals surface area (Å²) in [4.78, 5) is 3.97. The summed E-state index contributed by atoms with van der Waals surface area (Å²) in [6, 6.07) is 3.04. The van der Waals surface area contributed by atoms with Crippen LogP contribution in [-0.4, -0.2) is 17.2 Å². The van der Waals surface area contributed by atoms with Crippen LogP contribution in [0.3, 0.4) is 0 Å². The summed E-state index contributed by atoms with van der Waals surface area (Å²) in [5.74, 6) is 0.627. The lowest BCUT2D eigenvalue weighted by Gasteiger charge is -1.99. The number of aromatic hydroxyl groups is 1. The Morgan fingerprint density at radius 2 is 2.20 bits per heavy atom. The lowest BCUT2D eigenvalue weighted by Crippen LogP contribution is -1.88. The zero-order valence-electron chi connectivity index (χ0n) is 5.96. The van der Waals surface area contributed by atoms with Crippen molar-refractivity contribution in [2.75, 3.05) is 7.11 Å². The SMILES string of the molecule is COc1cc(O)cc(C)n1. The molecule has 3 nitrogen and oxygen atoms in total. The highest BCUT2D eigenvalue weighted by Gasteiger charge is 1.95. The summed E-state index contributed by atoms with van der Waals surface area (Å²) in [5, 5.41) is 9.01. The van der Waals surface area contributed by atoms with E-state index in [1.807, 2.05) is 0 Å². The van der Waals surface area contributed by atoms with E-state index in [1.165, 1.54) is 13.2 Å². The van der Waals surface area contributed by atoms with E-state index >= 15 is 0 Å². The van der Waals surface area contributed by atoms with E-state index in [0.29, 0.717) is 5.88 Å². The average molecular weight is 139 g/mol. The van der Waals surface area contributed by atoms with Crippen molar-refractivity contribution in [2.45, 2.75) is 6.92 Å². The molecule has 0 aliphatic rings. The summed E-state index contributed by atoms with van der Waals surface area (Å²) >= 11 is 0. The number of pyridine rings is 1. The molecule has 0 unspecified atom stereocenters. The molecule has 0 amide bonds. The van der Waals surface area contributed by atoms with Gasteiger partial charge in [0.15, 0.2) is 0 Å². The number of ether oxygens (including phenoxy) is 1. The molecule has 0 bridgehead atoms. The molecule has 1 aromatic rings. The Morgan fingerprint density at radius 1 is 1.50 bits per heavy atom. The summed E-state index contributed by atoms with van der Waals surface area (Å²) in [5.41, 5.74) is 0.747. The number of hydrogen-bond donors (Lipinski definition) is 1. The number of aromatic nitrogens is 1. The van der Waals surface area contributed by atoms with E-state index in [4.69, 9.17) is 9.84 Å². The minimum absolute atomic E-state index is 0.185. The van der Waals surface area contributed by atoms with Crippen LogP contribution in [0.15, 0.2) is 12.1 Å². The van der Waals surface area contributed by atoms with Crippen LogP contribution < -0.4 is 4.74 Å². The Kier molecular flexibility index (Phi) is 1.76. The third kappa shape index (κ3) is 1.37. The molecular weight excluding hydrogens is 130 g/mol. The van der Waals surface area contributed by atoms with Crippen LogP contribution in [0.1, 0.15) is 5.69 Å². The third-order valence-electron chi connectivity index (χ3n) is 1.12. The monoisotopic (exact) mass is 139 g/mol. The van der Waals surface area contributed by atoms with E-state index in [1.54, 1.807) is 13.0 Å². The molecule has 1 N–H and O–H groups in total. The smallest absolute Gasteiger partial charge is 0.216 e. The van der Waals surface area contributed by atoms with Crippen LogP contribution in [0.5, 0.6) is 11.6 Å². The highest BCUT2D eigenvalue weighted by molar-refractivity contribution is 5.28. The van der Waals surface area contributed by atoms with Crippen LogP contribution in [0.2, 0.25) is 0 Å². The Balaban J connectivity index is 3.06. The van der Waals surface area contributed by atoms with Gasteiger partial charge in [0.05, 0.1) is 7.11 Å². The zero-order valence-corrected chi connectivity index (χ0v) is 5.96. The quantitative estimate of drug-likeness (QED) is 0.633. The van der Waals surface area contributed by atoms with Gasteiger partial charge in [-0.25, -0.2) is 4.98 Å². The van der Waals surface area contributed by atoms with E-state index in [-0.39, 0.29) is 5.75 Å². The molecule has 0 spiro atoms. The maximum Gasteiger partial charge on any atom is 0.216 e. The lowest BCUT2D eigenvalue weighted by molar-refractivity contribution is 0.390. The average Bonchev–Trinajstić information content (AvgIpc) is 1.85. The van der Waals surface area contributed by atoms with E-state index < -0.39 is 0 Å². The summed E-state index contributed by atoms with van der Waals surface area (Å²) < 4.78 is 4.80.